The molecule has 7 heteroatoms. The number of rotatable bonds is 10. The second-order valence-corrected chi connectivity index (χ2v) is 10.2. The molecule has 33 heavy (non-hydrogen) atoms. The highest BCUT2D eigenvalue weighted by Crippen LogP contribution is 2.22. The lowest BCUT2D eigenvalue weighted by Crippen LogP contribution is -2.50. The highest BCUT2D eigenvalue weighted by molar-refractivity contribution is 7.99. The number of halogens is 2. The van der Waals surface area contributed by atoms with Crippen LogP contribution in [-0.4, -0.2) is 34.6 Å². The first kappa shape index (κ1) is 25.6. The second-order valence-electron chi connectivity index (χ2n) is 8.57. The molecule has 1 aliphatic carbocycles. The van der Waals surface area contributed by atoms with E-state index in [0.29, 0.717) is 17.9 Å². The van der Waals surface area contributed by atoms with Crippen molar-refractivity contribution in [3.8, 4) is 0 Å². The van der Waals surface area contributed by atoms with Crippen LogP contribution in [0.3, 0.4) is 0 Å². The maximum atomic E-state index is 13.3. The summed E-state index contributed by atoms with van der Waals surface area (Å²) in [5.74, 6) is 0.287. The molecule has 0 saturated heterocycles. The van der Waals surface area contributed by atoms with Gasteiger partial charge >= 0.3 is 0 Å². The minimum atomic E-state index is -0.589. The highest BCUT2D eigenvalue weighted by atomic mass is 35.5. The number of nitrogens with one attached hydrogen (secondary N) is 1. The number of benzene rings is 2. The molecule has 0 aliphatic heterocycles. The van der Waals surface area contributed by atoms with E-state index in [1.165, 1.54) is 18.6 Å². The fourth-order valence-electron chi connectivity index (χ4n) is 4.03. The minimum absolute atomic E-state index is 0.0673. The Bertz CT molecular complexity index is 902. The van der Waals surface area contributed by atoms with Gasteiger partial charge in [0, 0.05) is 28.9 Å². The Morgan fingerprint density at radius 1 is 1.09 bits per heavy atom. The van der Waals surface area contributed by atoms with Crippen LogP contribution in [0.15, 0.2) is 53.4 Å². The second kappa shape index (κ2) is 13.0. The predicted octanol–water partition coefficient (Wildman–Crippen LogP) is 6.22. The summed E-state index contributed by atoms with van der Waals surface area (Å²) in [5.41, 5.74) is 0.803. The molecule has 0 spiro atoms. The van der Waals surface area contributed by atoms with Crippen LogP contribution in [0, 0.1) is 5.82 Å². The summed E-state index contributed by atoms with van der Waals surface area (Å²) >= 11 is 7.60. The monoisotopic (exact) mass is 490 g/mol. The number of hydrogen-bond donors (Lipinski definition) is 1. The molecule has 2 amide bonds. The average Bonchev–Trinajstić information content (AvgIpc) is 2.82. The van der Waals surface area contributed by atoms with E-state index in [1.54, 1.807) is 35.7 Å². The lowest BCUT2D eigenvalue weighted by Gasteiger charge is -2.31. The number of carbonyl (C=O) groups is 2. The maximum Gasteiger partial charge on any atom is 0.242 e. The van der Waals surface area contributed by atoms with Crippen molar-refractivity contribution in [3.63, 3.8) is 0 Å². The van der Waals surface area contributed by atoms with Crippen LogP contribution in [0.2, 0.25) is 5.02 Å². The lowest BCUT2D eigenvalue weighted by molar-refractivity contribution is -0.141. The van der Waals surface area contributed by atoms with Gasteiger partial charge in [0.05, 0.1) is 0 Å². The Morgan fingerprint density at radius 3 is 2.42 bits per heavy atom. The Kier molecular flexibility index (Phi) is 10.1. The predicted molar refractivity (Wildman–Crippen MR) is 133 cm³/mol. The fourth-order valence-corrected chi connectivity index (χ4v) is 5.00. The molecule has 0 bridgehead atoms. The Labute approximate surface area is 205 Å². The van der Waals surface area contributed by atoms with Gasteiger partial charge in [-0.05, 0) is 73.9 Å². The van der Waals surface area contributed by atoms with Gasteiger partial charge in [0.15, 0.2) is 0 Å². The Morgan fingerprint density at radius 2 is 1.76 bits per heavy atom. The van der Waals surface area contributed by atoms with Gasteiger partial charge in [-0.1, -0.05) is 43.0 Å². The van der Waals surface area contributed by atoms with Crippen molar-refractivity contribution in [1.29, 1.82) is 0 Å². The van der Waals surface area contributed by atoms with E-state index in [-0.39, 0.29) is 30.2 Å². The molecule has 0 heterocycles. The molecule has 0 aromatic heterocycles. The first-order valence-corrected chi connectivity index (χ1v) is 13.0. The van der Waals surface area contributed by atoms with Crippen LogP contribution in [0.5, 0.6) is 0 Å². The molecule has 4 nitrogen and oxygen atoms in total. The zero-order valence-corrected chi connectivity index (χ0v) is 20.6. The summed E-state index contributed by atoms with van der Waals surface area (Å²) in [5, 5.41) is 3.83. The third-order valence-electron chi connectivity index (χ3n) is 6.00. The van der Waals surface area contributed by atoms with Crippen LogP contribution < -0.4 is 5.32 Å². The molecular formula is C26H32ClFN2O2S. The van der Waals surface area contributed by atoms with Gasteiger partial charge in [-0.25, -0.2) is 4.39 Å². The molecule has 2 aromatic carbocycles. The summed E-state index contributed by atoms with van der Waals surface area (Å²) < 4.78 is 13.3. The average molecular weight is 491 g/mol. The van der Waals surface area contributed by atoms with Crippen molar-refractivity contribution >= 4 is 35.2 Å². The van der Waals surface area contributed by atoms with E-state index in [1.807, 2.05) is 24.3 Å². The summed E-state index contributed by atoms with van der Waals surface area (Å²) in [4.78, 5) is 28.8. The van der Waals surface area contributed by atoms with Crippen molar-refractivity contribution < 1.29 is 14.0 Å². The van der Waals surface area contributed by atoms with E-state index < -0.39 is 6.04 Å². The molecule has 1 saturated carbocycles. The lowest BCUT2D eigenvalue weighted by atomic mass is 9.95. The smallest absolute Gasteiger partial charge is 0.242 e. The van der Waals surface area contributed by atoms with Crippen molar-refractivity contribution in [3.05, 3.63) is 64.9 Å². The number of hydrogen-bond acceptors (Lipinski definition) is 3. The van der Waals surface area contributed by atoms with E-state index in [0.717, 1.165) is 41.9 Å². The van der Waals surface area contributed by atoms with Gasteiger partial charge in [0.2, 0.25) is 11.8 Å². The molecule has 178 valence electrons. The summed E-state index contributed by atoms with van der Waals surface area (Å²) in [7, 11) is 0. The first-order valence-electron chi connectivity index (χ1n) is 11.6. The molecule has 1 unspecified atom stereocenters. The van der Waals surface area contributed by atoms with Crippen LogP contribution >= 0.6 is 23.4 Å². The number of amides is 2. The minimum Gasteiger partial charge on any atom is -0.352 e. The third kappa shape index (κ3) is 8.35. The number of thioether (sulfide) groups is 1. The SMILES string of the molecule is CC(C(=O)NC1CCCCC1)N(Cc1ccc(F)cc1)C(=O)CCCSc1ccc(Cl)cc1. The van der Waals surface area contributed by atoms with Crippen molar-refractivity contribution in [2.24, 2.45) is 0 Å². The fraction of sp³-hybridized carbons (Fsp3) is 0.462. The van der Waals surface area contributed by atoms with Crippen LogP contribution in [0.25, 0.3) is 0 Å². The molecule has 0 radical (unpaired) electrons. The quantitative estimate of drug-likeness (QED) is 0.318. The Balaban J connectivity index is 1.59. The molecule has 1 fully saturated rings. The van der Waals surface area contributed by atoms with Crippen LogP contribution in [-0.2, 0) is 16.1 Å². The van der Waals surface area contributed by atoms with Crippen LogP contribution in [0.1, 0.15) is 57.4 Å². The summed E-state index contributed by atoms with van der Waals surface area (Å²) in [6, 6.07) is 13.3. The van der Waals surface area contributed by atoms with Gasteiger partial charge in [0.1, 0.15) is 11.9 Å². The summed E-state index contributed by atoms with van der Waals surface area (Å²) in [6.45, 7) is 2.06. The number of carbonyl (C=O) groups excluding carboxylic acids is 2. The van der Waals surface area contributed by atoms with Crippen LogP contribution in [0.4, 0.5) is 4.39 Å². The topological polar surface area (TPSA) is 49.4 Å². The van der Waals surface area contributed by atoms with E-state index in [4.69, 9.17) is 11.6 Å². The Hall–Kier alpha value is -2.05. The molecule has 1 N–H and O–H groups in total. The first-order chi connectivity index (χ1) is 15.9. The standard InChI is InChI=1S/C26H32ClFN2O2S/c1-19(26(32)29-23-6-3-2-4-7-23)30(18-20-9-13-22(28)14-10-20)25(31)8-5-17-33-24-15-11-21(27)12-16-24/h9-16,19,23H,2-8,17-18H2,1H3,(H,29,32). The van der Waals surface area contributed by atoms with Crippen molar-refractivity contribution in [1.82, 2.24) is 10.2 Å². The molecule has 1 atom stereocenters. The van der Waals surface area contributed by atoms with Crippen molar-refractivity contribution in [2.75, 3.05) is 5.75 Å². The third-order valence-corrected chi connectivity index (χ3v) is 7.35. The molecule has 2 aromatic rings. The van der Waals surface area contributed by atoms with E-state index in [2.05, 4.69) is 5.32 Å². The largest absolute Gasteiger partial charge is 0.352 e. The normalized spacial score (nSPS) is 15.1. The van der Waals surface area contributed by atoms with E-state index in [9.17, 15) is 14.0 Å². The van der Waals surface area contributed by atoms with Gasteiger partial charge in [-0.2, -0.15) is 0 Å². The maximum absolute atomic E-state index is 13.3. The van der Waals surface area contributed by atoms with Gasteiger partial charge in [0.25, 0.3) is 0 Å². The van der Waals surface area contributed by atoms with Crippen molar-refractivity contribution in [2.45, 2.75) is 75.4 Å². The molecule has 1 aliphatic rings. The number of nitrogens with zero attached hydrogens (tertiary/aromatic N) is 1. The van der Waals surface area contributed by atoms with Gasteiger partial charge in [-0.15, -0.1) is 11.8 Å². The highest BCUT2D eigenvalue weighted by Gasteiger charge is 2.27. The zero-order valence-electron chi connectivity index (χ0n) is 19.1. The van der Waals surface area contributed by atoms with Gasteiger partial charge in [-0.3, -0.25) is 9.59 Å². The van der Waals surface area contributed by atoms with Gasteiger partial charge < -0.3 is 10.2 Å². The zero-order chi connectivity index (χ0) is 23.6. The molecular weight excluding hydrogens is 459 g/mol. The van der Waals surface area contributed by atoms with E-state index >= 15 is 0 Å². The molecule has 3 rings (SSSR count). The summed E-state index contributed by atoms with van der Waals surface area (Å²) in [6.07, 6.45) is 6.50.